The predicted molar refractivity (Wildman–Crippen MR) is 77.2 cm³/mol. The Kier molecular flexibility index (Phi) is 3.73. The first-order valence-corrected chi connectivity index (χ1v) is 6.34. The van der Waals surface area contributed by atoms with Crippen LogP contribution in [0.3, 0.4) is 0 Å². The van der Waals surface area contributed by atoms with E-state index < -0.39 is 5.54 Å². The first kappa shape index (κ1) is 13.8. The van der Waals surface area contributed by atoms with Crippen LogP contribution in [0.4, 0.5) is 5.82 Å². The van der Waals surface area contributed by atoms with Crippen molar-refractivity contribution in [1.29, 1.82) is 0 Å². The van der Waals surface area contributed by atoms with Crippen LogP contribution in [0.2, 0.25) is 0 Å². The minimum absolute atomic E-state index is 0.0167. The van der Waals surface area contributed by atoms with Crippen molar-refractivity contribution >= 4 is 16.7 Å². The Hall–Kier alpha value is -1.65. The van der Waals surface area contributed by atoms with Gasteiger partial charge in [0.2, 0.25) is 0 Å². The molecule has 0 spiro atoms. The van der Waals surface area contributed by atoms with Gasteiger partial charge >= 0.3 is 0 Å². The summed E-state index contributed by atoms with van der Waals surface area (Å²) in [7, 11) is 1.88. The van der Waals surface area contributed by atoms with Gasteiger partial charge in [0.25, 0.3) is 0 Å². The van der Waals surface area contributed by atoms with Crippen molar-refractivity contribution in [3.05, 3.63) is 35.9 Å². The van der Waals surface area contributed by atoms with E-state index in [0.717, 1.165) is 16.5 Å². The summed E-state index contributed by atoms with van der Waals surface area (Å²) in [5.41, 5.74) is 1.22. The highest BCUT2D eigenvalue weighted by Crippen LogP contribution is 2.27. The number of pyridine rings is 1. The standard InChI is InChI=1S/C15H20N2O2/c1-15(2,10-19)17(3)14-12(9-18)8-11-6-4-5-7-13(11)16-14/h4-8,18-19H,9-10H2,1-3H3. The lowest BCUT2D eigenvalue weighted by molar-refractivity contribution is 0.214. The van der Waals surface area contributed by atoms with E-state index in [1.54, 1.807) is 0 Å². The summed E-state index contributed by atoms with van der Waals surface area (Å²) in [4.78, 5) is 6.52. The number of fused-ring (bicyclic) bond motifs is 1. The molecule has 2 N–H and O–H groups in total. The van der Waals surface area contributed by atoms with E-state index in [0.29, 0.717) is 5.82 Å². The molecular weight excluding hydrogens is 240 g/mol. The van der Waals surface area contributed by atoms with Gasteiger partial charge in [-0.2, -0.15) is 0 Å². The molecule has 2 rings (SSSR count). The fourth-order valence-electron chi connectivity index (χ4n) is 1.95. The quantitative estimate of drug-likeness (QED) is 0.882. The molecule has 4 nitrogen and oxygen atoms in total. The third-order valence-electron chi connectivity index (χ3n) is 3.56. The van der Waals surface area contributed by atoms with Gasteiger partial charge in [-0.25, -0.2) is 4.98 Å². The molecule has 4 heteroatoms. The van der Waals surface area contributed by atoms with Crippen LogP contribution in [0.1, 0.15) is 19.4 Å². The van der Waals surface area contributed by atoms with Gasteiger partial charge in [0, 0.05) is 18.0 Å². The Morgan fingerprint density at radius 1 is 1.21 bits per heavy atom. The average molecular weight is 260 g/mol. The number of anilines is 1. The van der Waals surface area contributed by atoms with Gasteiger partial charge in [0.15, 0.2) is 0 Å². The molecule has 0 saturated carbocycles. The van der Waals surface area contributed by atoms with Gasteiger partial charge in [-0.3, -0.25) is 0 Å². The fourth-order valence-corrected chi connectivity index (χ4v) is 1.95. The topological polar surface area (TPSA) is 56.6 Å². The molecule has 19 heavy (non-hydrogen) atoms. The number of rotatable bonds is 4. The second-order valence-electron chi connectivity index (χ2n) is 5.35. The van der Waals surface area contributed by atoms with Crippen LogP contribution in [-0.2, 0) is 6.61 Å². The SMILES string of the molecule is CN(c1nc2ccccc2cc1CO)C(C)(C)CO. The molecule has 0 saturated heterocycles. The van der Waals surface area contributed by atoms with E-state index in [1.807, 2.05) is 56.1 Å². The monoisotopic (exact) mass is 260 g/mol. The minimum atomic E-state index is -0.431. The average Bonchev–Trinajstić information content (AvgIpc) is 2.44. The largest absolute Gasteiger partial charge is 0.394 e. The summed E-state index contributed by atoms with van der Waals surface area (Å²) >= 11 is 0. The van der Waals surface area contributed by atoms with Crippen molar-refractivity contribution in [3.63, 3.8) is 0 Å². The Bertz CT molecular complexity index is 581. The first-order chi connectivity index (χ1) is 8.99. The number of likely N-dealkylation sites (N-methyl/N-ethyl adjacent to an activating group) is 1. The smallest absolute Gasteiger partial charge is 0.135 e. The second-order valence-corrected chi connectivity index (χ2v) is 5.35. The van der Waals surface area contributed by atoms with Crippen LogP contribution in [0.25, 0.3) is 10.9 Å². The highest BCUT2D eigenvalue weighted by atomic mass is 16.3. The van der Waals surface area contributed by atoms with Gasteiger partial charge in [-0.05, 0) is 26.0 Å². The molecule has 0 bridgehead atoms. The van der Waals surface area contributed by atoms with Gasteiger partial charge in [0.05, 0.1) is 24.3 Å². The molecule has 1 aromatic heterocycles. The molecule has 0 radical (unpaired) electrons. The van der Waals surface area contributed by atoms with E-state index in [4.69, 9.17) is 0 Å². The lowest BCUT2D eigenvalue weighted by Gasteiger charge is -2.36. The number of para-hydroxylation sites is 1. The van der Waals surface area contributed by atoms with Crippen molar-refractivity contribution in [2.24, 2.45) is 0 Å². The molecule has 2 aromatic rings. The molecule has 1 heterocycles. The fraction of sp³-hybridized carbons (Fsp3) is 0.400. The van der Waals surface area contributed by atoms with Gasteiger partial charge in [0.1, 0.15) is 5.82 Å². The van der Waals surface area contributed by atoms with E-state index in [9.17, 15) is 10.2 Å². The normalized spacial score (nSPS) is 11.8. The van der Waals surface area contributed by atoms with Crippen molar-refractivity contribution in [3.8, 4) is 0 Å². The van der Waals surface area contributed by atoms with Crippen molar-refractivity contribution in [2.75, 3.05) is 18.6 Å². The Balaban J connectivity index is 2.58. The van der Waals surface area contributed by atoms with Crippen LogP contribution >= 0.6 is 0 Å². The number of hydrogen-bond acceptors (Lipinski definition) is 4. The first-order valence-electron chi connectivity index (χ1n) is 6.34. The number of aliphatic hydroxyl groups is 2. The minimum Gasteiger partial charge on any atom is -0.394 e. The number of aliphatic hydroxyl groups excluding tert-OH is 2. The third kappa shape index (κ3) is 2.55. The summed E-state index contributed by atoms with van der Waals surface area (Å²) in [6, 6.07) is 9.75. The summed E-state index contributed by atoms with van der Waals surface area (Å²) < 4.78 is 0. The summed E-state index contributed by atoms with van der Waals surface area (Å²) in [6.07, 6.45) is 0. The zero-order chi connectivity index (χ0) is 14.0. The number of benzene rings is 1. The molecular formula is C15H20N2O2. The van der Waals surface area contributed by atoms with Gasteiger partial charge in [-0.15, -0.1) is 0 Å². The Labute approximate surface area is 113 Å². The zero-order valence-corrected chi connectivity index (χ0v) is 11.6. The van der Waals surface area contributed by atoms with E-state index in [-0.39, 0.29) is 13.2 Å². The van der Waals surface area contributed by atoms with E-state index in [1.165, 1.54) is 0 Å². The lowest BCUT2D eigenvalue weighted by atomic mass is 10.0. The van der Waals surface area contributed by atoms with Crippen LogP contribution in [0.5, 0.6) is 0 Å². The van der Waals surface area contributed by atoms with Crippen LogP contribution < -0.4 is 4.90 Å². The third-order valence-corrected chi connectivity index (χ3v) is 3.56. The van der Waals surface area contributed by atoms with Gasteiger partial charge < -0.3 is 15.1 Å². The Morgan fingerprint density at radius 3 is 2.53 bits per heavy atom. The molecule has 0 amide bonds. The van der Waals surface area contributed by atoms with Crippen LogP contribution in [0.15, 0.2) is 30.3 Å². The summed E-state index contributed by atoms with van der Waals surface area (Å²) in [6.45, 7) is 3.82. The molecule has 0 atom stereocenters. The van der Waals surface area contributed by atoms with E-state index in [2.05, 4.69) is 4.98 Å². The van der Waals surface area contributed by atoms with Gasteiger partial charge in [-0.1, -0.05) is 18.2 Å². The molecule has 0 aliphatic heterocycles. The molecule has 102 valence electrons. The maximum absolute atomic E-state index is 9.54. The van der Waals surface area contributed by atoms with Crippen LogP contribution in [-0.4, -0.2) is 34.4 Å². The van der Waals surface area contributed by atoms with Crippen LogP contribution in [0, 0.1) is 0 Å². The van der Waals surface area contributed by atoms with Crippen molar-refractivity contribution < 1.29 is 10.2 Å². The maximum atomic E-state index is 9.54. The second kappa shape index (κ2) is 5.15. The molecule has 0 unspecified atom stereocenters. The Morgan fingerprint density at radius 2 is 1.89 bits per heavy atom. The summed E-state index contributed by atoms with van der Waals surface area (Å²) in [5.74, 6) is 0.709. The molecule has 0 fully saturated rings. The van der Waals surface area contributed by atoms with Crippen molar-refractivity contribution in [2.45, 2.75) is 26.0 Å². The summed E-state index contributed by atoms with van der Waals surface area (Å²) in [5, 5.41) is 20.0. The lowest BCUT2D eigenvalue weighted by Crippen LogP contribution is -2.45. The highest BCUT2D eigenvalue weighted by Gasteiger charge is 2.25. The van der Waals surface area contributed by atoms with E-state index >= 15 is 0 Å². The number of hydrogen-bond donors (Lipinski definition) is 2. The highest BCUT2D eigenvalue weighted by molar-refractivity contribution is 5.81. The maximum Gasteiger partial charge on any atom is 0.135 e. The molecule has 1 aromatic carbocycles. The zero-order valence-electron chi connectivity index (χ0n) is 11.6. The van der Waals surface area contributed by atoms with Crippen molar-refractivity contribution in [1.82, 2.24) is 4.98 Å². The number of aromatic nitrogens is 1. The predicted octanol–water partition coefficient (Wildman–Crippen LogP) is 1.93. The molecule has 0 aliphatic rings. The number of nitrogens with zero attached hydrogens (tertiary/aromatic N) is 2. The molecule has 0 aliphatic carbocycles.